The maximum atomic E-state index is 11.1. The molecule has 0 radical (unpaired) electrons. The van der Waals surface area contributed by atoms with E-state index in [1.165, 1.54) is 12.1 Å². The first kappa shape index (κ1) is 14.5. The molecule has 0 bridgehead atoms. The Morgan fingerprint density at radius 1 is 1.33 bits per heavy atom. The summed E-state index contributed by atoms with van der Waals surface area (Å²) in [5, 5.41) is 16.5. The molecule has 7 heteroatoms. The number of hydrogen-bond acceptors (Lipinski definition) is 4. The van der Waals surface area contributed by atoms with Gasteiger partial charge >= 0.3 is 5.97 Å². The van der Waals surface area contributed by atoms with Gasteiger partial charge in [-0.15, -0.1) is 0 Å². The van der Waals surface area contributed by atoms with E-state index in [2.05, 4.69) is 5.32 Å². The summed E-state index contributed by atoms with van der Waals surface area (Å²) in [7, 11) is -3.69. The number of anilines is 1. The molecule has 0 aromatic heterocycles. The summed E-state index contributed by atoms with van der Waals surface area (Å²) >= 11 is 0. The van der Waals surface area contributed by atoms with Crippen LogP contribution in [0.25, 0.3) is 0 Å². The molecule has 1 aromatic rings. The molecule has 0 atom stereocenters. The second kappa shape index (κ2) is 6.36. The SMILES string of the molecule is NS(=O)(=O)c1cccc(NCCCCC(=O)O)c1. The van der Waals surface area contributed by atoms with Crippen LogP contribution in [0.3, 0.4) is 0 Å². The van der Waals surface area contributed by atoms with Crippen molar-refractivity contribution in [1.82, 2.24) is 0 Å². The van der Waals surface area contributed by atoms with E-state index in [0.29, 0.717) is 25.1 Å². The fourth-order valence-corrected chi connectivity index (χ4v) is 1.98. The van der Waals surface area contributed by atoms with Crippen molar-refractivity contribution in [1.29, 1.82) is 0 Å². The number of unbranched alkanes of at least 4 members (excludes halogenated alkanes) is 1. The Morgan fingerprint density at radius 2 is 2.06 bits per heavy atom. The van der Waals surface area contributed by atoms with Gasteiger partial charge in [-0.3, -0.25) is 4.79 Å². The van der Waals surface area contributed by atoms with E-state index < -0.39 is 16.0 Å². The van der Waals surface area contributed by atoms with Crippen molar-refractivity contribution in [3.8, 4) is 0 Å². The third kappa shape index (κ3) is 5.15. The number of carbonyl (C=O) groups is 1. The van der Waals surface area contributed by atoms with Gasteiger partial charge in [-0.25, -0.2) is 13.6 Å². The quantitative estimate of drug-likeness (QED) is 0.641. The average molecular weight is 272 g/mol. The van der Waals surface area contributed by atoms with Crippen LogP contribution in [0.4, 0.5) is 5.69 Å². The molecule has 0 saturated heterocycles. The van der Waals surface area contributed by atoms with Crippen molar-refractivity contribution >= 4 is 21.7 Å². The molecular weight excluding hydrogens is 256 g/mol. The molecule has 0 fully saturated rings. The van der Waals surface area contributed by atoms with Gasteiger partial charge in [0.2, 0.25) is 10.0 Å². The predicted octanol–water partition coefficient (Wildman–Crippen LogP) is 1.00. The van der Waals surface area contributed by atoms with E-state index in [0.717, 1.165) is 0 Å². The Balaban J connectivity index is 2.46. The Bertz CT molecular complexity index is 514. The lowest BCUT2D eigenvalue weighted by molar-refractivity contribution is -0.137. The lowest BCUT2D eigenvalue weighted by Gasteiger charge is -2.07. The first-order valence-corrected chi connectivity index (χ1v) is 7.03. The van der Waals surface area contributed by atoms with Crippen molar-refractivity contribution in [3.05, 3.63) is 24.3 Å². The molecule has 0 aliphatic heterocycles. The highest BCUT2D eigenvalue weighted by molar-refractivity contribution is 7.89. The van der Waals surface area contributed by atoms with Gasteiger partial charge in [-0.2, -0.15) is 0 Å². The zero-order valence-electron chi connectivity index (χ0n) is 9.80. The zero-order valence-corrected chi connectivity index (χ0v) is 10.6. The molecule has 1 rings (SSSR count). The van der Waals surface area contributed by atoms with Crippen LogP contribution >= 0.6 is 0 Å². The van der Waals surface area contributed by atoms with Gasteiger partial charge in [0, 0.05) is 18.7 Å². The standard InChI is InChI=1S/C11H16N2O4S/c12-18(16,17)10-5-3-4-9(8-10)13-7-2-1-6-11(14)15/h3-5,8,13H,1-2,6-7H2,(H,14,15)(H2,12,16,17). The lowest BCUT2D eigenvalue weighted by atomic mass is 10.2. The van der Waals surface area contributed by atoms with E-state index in [-0.39, 0.29) is 11.3 Å². The van der Waals surface area contributed by atoms with Crippen LogP contribution < -0.4 is 10.5 Å². The summed E-state index contributed by atoms with van der Waals surface area (Å²) in [6.07, 6.45) is 1.42. The van der Waals surface area contributed by atoms with Crippen molar-refractivity contribution in [2.75, 3.05) is 11.9 Å². The van der Waals surface area contributed by atoms with Gasteiger partial charge in [0.15, 0.2) is 0 Å². The molecule has 1 aromatic carbocycles. The van der Waals surface area contributed by atoms with Gasteiger partial charge in [0.1, 0.15) is 0 Å². The van der Waals surface area contributed by atoms with Crippen LogP contribution in [0.1, 0.15) is 19.3 Å². The molecule has 0 amide bonds. The monoisotopic (exact) mass is 272 g/mol. The summed E-state index contributed by atoms with van der Waals surface area (Å²) in [6, 6.07) is 6.20. The number of primary sulfonamides is 1. The maximum absolute atomic E-state index is 11.1. The predicted molar refractivity (Wildman–Crippen MR) is 67.8 cm³/mol. The fraction of sp³-hybridized carbons (Fsp3) is 0.364. The second-order valence-corrected chi connectivity index (χ2v) is 5.41. The first-order valence-electron chi connectivity index (χ1n) is 5.48. The van der Waals surface area contributed by atoms with E-state index in [4.69, 9.17) is 10.2 Å². The van der Waals surface area contributed by atoms with Gasteiger partial charge < -0.3 is 10.4 Å². The Labute approximate surface area is 106 Å². The van der Waals surface area contributed by atoms with Gasteiger partial charge in [0.05, 0.1) is 4.90 Å². The number of rotatable bonds is 7. The summed E-state index contributed by atoms with van der Waals surface area (Å²) in [6.45, 7) is 0.585. The fourth-order valence-electron chi connectivity index (χ4n) is 1.42. The molecule has 0 unspecified atom stereocenters. The summed E-state index contributed by atoms with van der Waals surface area (Å²) in [4.78, 5) is 10.3. The highest BCUT2D eigenvalue weighted by Gasteiger charge is 2.07. The third-order valence-corrected chi connectivity index (χ3v) is 3.22. The summed E-state index contributed by atoms with van der Waals surface area (Å²) < 4.78 is 22.2. The summed E-state index contributed by atoms with van der Waals surface area (Å²) in [5.41, 5.74) is 0.650. The van der Waals surface area contributed by atoms with Crippen LogP contribution in [0.15, 0.2) is 29.2 Å². The van der Waals surface area contributed by atoms with Crippen LogP contribution in [0, 0.1) is 0 Å². The minimum Gasteiger partial charge on any atom is -0.481 e. The summed E-state index contributed by atoms with van der Waals surface area (Å²) in [5.74, 6) is -0.814. The number of benzene rings is 1. The number of carboxylic acids is 1. The van der Waals surface area contributed by atoms with Crippen molar-refractivity contribution in [2.24, 2.45) is 5.14 Å². The number of carboxylic acid groups (broad SMARTS) is 1. The van der Waals surface area contributed by atoms with Gasteiger partial charge in [0.25, 0.3) is 0 Å². The minimum atomic E-state index is -3.69. The molecule has 4 N–H and O–H groups in total. The van der Waals surface area contributed by atoms with E-state index >= 15 is 0 Å². The Hall–Kier alpha value is -1.60. The maximum Gasteiger partial charge on any atom is 0.303 e. The molecule has 0 saturated carbocycles. The van der Waals surface area contributed by atoms with Crippen molar-refractivity contribution in [2.45, 2.75) is 24.2 Å². The van der Waals surface area contributed by atoms with Gasteiger partial charge in [-0.1, -0.05) is 6.07 Å². The molecule has 18 heavy (non-hydrogen) atoms. The number of nitrogens with two attached hydrogens (primary N) is 1. The smallest absolute Gasteiger partial charge is 0.303 e. The highest BCUT2D eigenvalue weighted by Crippen LogP contribution is 2.14. The molecule has 0 aliphatic carbocycles. The van der Waals surface area contributed by atoms with Crippen LogP contribution in [0.5, 0.6) is 0 Å². The number of aliphatic carboxylic acids is 1. The van der Waals surface area contributed by atoms with E-state index in [1.807, 2.05) is 0 Å². The number of nitrogens with one attached hydrogen (secondary N) is 1. The van der Waals surface area contributed by atoms with Crippen molar-refractivity contribution in [3.63, 3.8) is 0 Å². The second-order valence-electron chi connectivity index (χ2n) is 3.85. The number of hydrogen-bond donors (Lipinski definition) is 3. The molecule has 100 valence electrons. The van der Waals surface area contributed by atoms with Gasteiger partial charge in [-0.05, 0) is 31.0 Å². The minimum absolute atomic E-state index is 0.0537. The van der Waals surface area contributed by atoms with E-state index in [9.17, 15) is 13.2 Å². The van der Waals surface area contributed by atoms with Crippen LogP contribution in [0.2, 0.25) is 0 Å². The molecule has 0 aliphatic rings. The molecular formula is C11H16N2O4S. The van der Waals surface area contributed by atoms with Crippen LogP contribution in [-0.4, -0.2) is 26.0 Å². The molecule has 6 nitrogen and oxygen atoms in total. The Kier molecular flexibility index (Phi) is 5.11. The molecule has 0 heterocycles. The highest BCUT2D eigenvalue weighted by atomic mass is 32.2. The normalized spacial score (nSPS) is 11.2. The zero-order chi connectivity index (χ0) is 13.6. The largest absolute Gasteiger partial charge is 0.481 e. The van der Waals surface area contributed by atoms with Crippen molar-refractivity contribution < 1.29 is 18.3 Å². The third-order valence-electron chi connectivity index (χ3n) is 2.31. The number of sulfonamides is 1. The van der Waals surface area contributed by atoms with E-state index in [1.54, 1.807) is 12.1 Å². The van der Waals surface area contributed by atoms with Crippen LogP contribution in [-0.2, 0) is 14.8 Å². The first-order chi connectivity index (χ1) is 8.39. The molecule has 0 spiro atoms. The average Bonchev–Trinajstić information content (AvgIpc) is 2.27. The topological polar surface area (TPSA) is 109 Å². The lowest BCUT2D eigenvalue weighted by Crippen LogP contribution is -2.12. The Morgan fingerprint density at radius 3 is 2.67 bits per heavy atom.